The largest absolute Gasteiger partial charge is 0.299 e. The van der Waals surface area contributed by atoms with Gasteiger partial charge in [-0.2, -0.15) is 0 Å². The molecule has 13 heavy (non-hydrogen) atoms. The van der Waals surface area contributed by atoms with Crippen molar-refractivity contribution in [3.63, 3.8) is 0 Å². The lowest BCUT2D eigenvalue weighted by atomic mass is 9.93. The van der Waals surface area contributed by atoms with Gasteiger partial charge in [0.2, 0.25) is 0 Å². The van der Waals surface area contributed by atoms with Gasteiger partial charge in [-0.1, -0.05) is 26.0 Å². The average Bonchev–Trinajstić information content (AvgIpc) is 2.63. The van der Waals surface area contributed by atoms with Crippen LogP contribution in [0.5, 0.6) is 0 Å². The van der Waals surface area contributed by atoms with Crippen LogP contribution in [0.1, 0.15) is 46.0 Å². The number of Topliss-reactive ketones (excluding diaryl/α,β-unsaturated/α-hetero) is 1. The van der Waals surface area contributed by atoms with Gasteiger partial charge in [0.15, 0.2) is 0 Å². The average molecular weight is 178 g/mol. The van der Waals surface area contributed by atoms with Crippen LogP contribution in [0.15, 0.2) is 12.2 Å². The van der Waals surface area contributed by atoms with E-state index in [9.17, 15) is 4.79 Å². The third-order valence-electron chi connectivity index (χ3n) is 4.03. The van der Waals surface area contributed by atoms with E-state index in [1.807, 2.05) is 0 Å². The standard InChI is InChI=1S/C12H18O/c1-3-4-5-7-12-9-11(12,2)8-6-10(12)13/h4-5H,3,6-9H2,1-2H3/b5-4+. The van der Waals surface area contributed by atoms with E-state index in [0.29, 0.717) is 11.2 Å². The quantitative estimate of drug-likeness (QED) is 0.607. The van der Waals surface area contributed by atoms with Gasteiger partial charge in [0, 0.05) is 11.8 Å². The monoisotopic (exact) mass is 178 g/mol. The van der Waals surface area contributed by atoms with Crippen LogP contribution in [0.3, 0.4) is 0 Å². The van der Waals surface area contributed by atoms with Gasteiger partial charge in [0.05, 0.1) is 0 Å². The lowest BCUT2D eigenvalue weighted by Gasteiger charge is -2.09. The minimum atomic E-state index is 0.0820. The number of hydrogen-bond acceptors (Lipinski definition) is 1. The lowest BCUT2D eigenvalue weighted by Crippen LogP contribution is -2.13. The smallest absolute Gasteiger partial charge is 0.139 e. The highest BCUT2D eigenvalue weighted by Crippen LogP contribution is 2.73. The SMILES string of the molecule is CC/C=C/CC12CC1(C)CCC2=O. The molecule has 0 bridgehead atoms. The molecule has 2 aliphatic carbocycles. The molecule has 2 atom stereocenters. The first-order valence-corrected chi connectivity index (χ1v) is 5.33. The predicted molar refractivity (Wildman–Crippen MR) is 53.4 cm³/mol. The molecule has 2 unspecified atom stereocenters. The first-order valence-electron chi connectivity index (χ1n) is 5.33. The Balaban J connectivity index is 2.06. The molecule has 72 valence electrons. The summed E-state index contributed by atoms with van der Waals surface area (Å²) in [7, 11) is 0. The van der Waals surface area contributed by atoms with E-state index in [-0.39, 0.29) is 5.41 Å². The zero-order chi connectivity index (χ0) is 9.53. The van der Waals surface area contributed by atoms with Crippen molar-refractivity contribution >= 4 is 5.78 Å². The summed E-state index contributed by atoms with van der Waals surface area (Å²) in [5.41, 5.74) is 0.459. The van der Waals surface area contributed by atoms with E-state index in [1.54, 1.807) is 0 Å². The summed E-state index contributed by atoms with van der Waals surface area (Å²) in [5, 5.41) is 0. The number of carbonyl (C=O) groups excluding carboxylic acids is 1. The number of allylic oxidation sites excluding steroid dienone is 2. The minimum absolute atomic E-state index is 0.0820. The van der Waals surface area contributed by atoms with Gasteiger partial charge in [-0.15, -0.1) is 0 Å². The molecule has 2 fully saturated rings. The molecule has 0 amide bonds. The first kappa shape index (κ1) is 8.98. The molecule has 0 saturated heterocycles. The van der Waals surface area contributed by atoms with Crippen molar-refractivity contribution in [2.45, 2.75) is 46.0 Å². The van der Waals surface area contributed by atoms with Crippen LogP contribution in [0.25, 0.3) is 0 Å². The molecule has 0 heterocycles. The van der Waals surface area contributed by atoms with Crippen molar-refractivity contribution in [1.29, 1.82) is 0 Å². The van der Waals surface area contributed by atoms with Crippen molar-refractivity contribution in [2.75, 3.05) is 0 Å². The molecule has 0 spiro atoms. The molecular formula is C12H18O. The Hall–Kier alpha value is -0.590. The Morgan fingerprint density at radius 2 is 2.23 bits per heavy atom. The Bertz CT molecular complexity index is 266. The zero-order valence-electron chi connectivity index (χ0n) is 8.60. The van der Waals surface area contributed by atoms with Gasteiger partial charge in [0.1, 0.15) is 5.78 Å². The second kappa shape index (κ2) is 2.70. The summed E-state index contributed by atoms with van der Waals surface area (Å²) in [6.07, 6.45) is 9.57. The van der Waals surface area contributed by atoms with Crippen LogP contribution in [-0.2, 0) is 4.79 Å². The molecule has 0 aromatic carbocycles. The molecule has 0 aromatic rings. The Labute approximate surface area is 80.2 Å². The Kier molecular flexibility index (Phi) is 1.86. The number of carbonyl (C=O) groups is 1. The van der Waals surface area contributed by atoms with Gasteiger partial charge < -0.3 is 0 Å². The Morgan fingerprint density at radius 3 is 2.69 bits per heavy atom. The molecule has 0 radical (unpaired) electrons. The van der Waals surface area contributed by atoms with Crippen LogP contribution < -0.4 is 0 Å². The topological polar surface area (TPSA) is 17.1 Å². The van der Waals surface area contributed by atoms with Gasteiger partial charge in [-0.05, 0) is 31.1 Å². The summed E-state index contributed by atoms with van der Waals surface area (Å²) in [6.45, 7) is 4.41. The van der Waals surface area contributed by atoms with E-state index in [2.05, 4.69) is 26.0 Å². The molecule has 0 aromatic heterocycles. The van der Waals surface area contributed by atoms with Crippen molar-refractivity contribution in [3.8, 4) is 0 Å². The highest BCUT2D eigenvalue weighted by Gasteiger charge is 2.70. The second-order valence-electron chi connectivity index (χ2n) is 4.83. The summed E-state index contributed by atoms with van der Waals surface area (Å²) in [4.78, 5) is 11.7. The highest BCUT2D eigenvalue weighted by molar-refractivity contribution is 5.92. The molecule has 2 aliphatic rings. The summed E-state index contributed by atoms with van der Waals surface area (Å²) in [6, 6.07) is 0. The second-order valence-corrected chi connectivity index (χ2v) is 4.83. The zero-order valence-corrected chi connectivity index (χ0v) is 8.60. The molecule has 2 rings (SSSR count). The maximum atomic E-state index is 11.7. The first-order chi connectivity index (χ1) is 6.15. The maximum Gasteiger partial charge on any atom is 0.139 e. The predicted octanol–water partition coefficient (Wildman–Crippen LogP) is 3.10. The van der Waals surface area contributed by atoms with Gasteiger partial charge in [0.25, 0.3) is 0 Å². The van der Waals surface area contributed by atoms with Crippen molar-refractivity contribution in [3.05, 3.63) is 12.2 Å². The molecule has 1 heteroatoms. The molecule has 0 N–H and O–H groups in total. The minimum Gasteiger partial charge on any atom is -0.299 e. The summed E-state index contributed by atoms with van der Waals surface area (Å²) < 4.78 is 0. The highest BCUT2D eigenvalue weighted by atomic mass is 16.1. The van der Waals surface area contributed by atoms with E-state index in [4.69, 9.17) is 0 Å². The van der Waals surface area contributed by atoms with Crippen molar-refractivity contribution < 1.29 is 4.79 Å². The fraction of sp³-hybridized carbons (Fsp3) is 0.750. The number of fused-ring (bicyclic) bond motifs is 1. The molecule has 1 nitrogen and oxygen atoms in total. The number of ketones is 1. The molecule has 0 aliphatic heterocycles. The third-order valence-corrected chi connectivity index (χ3v) is 4.03. The van der Waals surface area contributed by atoms with E-state index >= 15 is 0 Å². The van der Waals surface area contributed by atoms with Gasteiger partial charge in [-0.3, -0.25) is 4.79 Å². The van der Waals surface area contributed by atoms with Gasteiger partial charge >= 0.3 is 0 Å². The summed E-state index contributed by atoms with van der Waals surface area (Å²) in [5.74, 6) is 0.524. The normalized spacial score (nSPS) is 42.8. The van der Waals surface area contributed by atoms with Gasteiger partial charge in [-0.25, -0.2) is 0 Å². The Morgan fingerprint density at radius 1 is 1.46 bits per heavy atom. The fourth-order valence-electron chi connectivity index (χ4n) is 2.90. The van der Waals surface area contributed by atoms with Crippen LogP contribution in [-0.4, -0.2) is 5.78 Å². The number of rotatable bonds is 3. The van der Waals surface area contributed by atoms with E-state index < -0.39 is 0 Å². The fourth-order valence-corrected chi connectivity index (χ4v) is 2.90. The lowest BCUT2D eigenvalue weighted by molar-refractivity contribution is -0.122. The van der Waals surface area contributed by atoms with Crippen LogP contribution in [0.2, 0.25) is 0 Å². The van der Waals surface area contributed by atoms with Crippen molar-refractivity contribution in [2.24, 2.45) is 10.8 Å². The van der Waals surface area contributed by atoms with E-state index in [1.165, 1.54) is 0 Å². The maximum absolute atomic E-state index is 11.7. The molecular weight excluding hydrogens is 160 g/mol. The van der Waals surface area contributed by atoms with E-state index in [0.717, 1.165) is 32.1 Å². The van der Waals surface area contributed by atoms with Crippen LogP contribution in [0, 0.1) is 10.8 Å². The number of hydrogen-bond donors (Lipinski definition) is 0. The molecule has 2 saturated carbocycles. The van der Waals surface area contributed by atoms with Crippen molar-refractivity contribution in [1.82, 2.24) is 0 Å². The van der Waals surface area contributed by atoms with Crippen LogP contribution in [0.4, 0.5) is 0 Å². The third kappa shape index (κ3) is 1.09. The summed E-state index contributed by atoms with van der Waals surface area (Å²) >= 11 is 0. The van der Waals surface area contributed by atoms with Crippen LogP contribution >= 0.6 is 0 Å².